The first-order chi connectivity index (χ1) is 15.4. The van der Waals surface area contributed by atoms with Crippen molar-refractivity contribution < 1.29 is 23.4 Å². The molecule has 0 aliphatic carbocycles. The third kappa shape index (κ3) is 5.94. The van der Waals surface area contributed by atoms with Gasteiger partial charge in [-0.05, 0) is 52.7 Å². The average molecular weight is 479 g/mol. The van der Waals surface area contributed by atoms with Gasteiger partial charge in [0.2, 0.25) is 5.91 Å². The molecule has 0 unspecified atom stereocenters. The Morgan fingerprint density at radius 3 is 2.67 bits per heavy atom. The number of amides is 2. The predicted molar refractivity (Wildman–Crippen MR) is 129 cm³/mol. The summed E-state index contributed by atoms with van der Waals surface area (Å²) in [5.41, 5.74) is 0.227. The van der Waals surface area contributed by atoms with E-state index in [4.69, 9.17) is 4.74 Å². The van der Waals surface area contributed by atoms with E-state index in [0.29, 0.717) is 31.0 Å². The minimum atomic E-state index is -3.30. The zero-order chi connectivity index (χ0) is 24.4. The summed E-state index contributed by atoms with van der Waals surface area (Å²) in [7, 11) is -3.30. The van der Waals surface area contributed by atoms with Gasteiger partial charge in [0, 0.05) is 48.8 Å². The number of alkyl carbamates (subject to hydrolysis) is 1. The van der Waals surface area contributed by atoms with E-state index in [0.717, 1.165) is 16.3 Å². The van der Waals surface area contributed by atoms with Crippen molar-refractivity contribution in [1.29, 1.82) is 0 Å². The van der Waals surface area contributed by atoms with Crippen molar-refractivity contribution in [2.75, 3.05) is 26.2 Å². The monoisotopic (exact) mass is 478 g/mol. The van der Waals surface area contributed by atoms with Gasteiger partial charge in [0.25, 0.3) is 0 Å². The molecule has 9 nitrogen and oxygen atoms in total. The van der Waals surface area contributed by atoms with E-state index in [2.05, 4.69) is 10.3 Å². The fourth-order valence-corrected chi connectivity index (χ4v) is 6.06. The molecule has 3 N–H and O–H groups in total. The summed E-state index contributed by atoms with van der Waals surface area (Å²) in [5, 5.41) is 4.14. The maximum atomic E-state index is 12.7. The van der Waals surface area contributed by atoms with Crippen LogP contribution in [0.5, 0.6) is 0 Å². The van der Waals surface area contributed by atoms with Crippen molar-refractivity contribution in [3.63, 3.8) is 0 Å². The van der Waals surface area contributed by atoms with E-state index >= 15 is 0 Å². The van der Waals surface area contributed by atoms with Crippen LogP contribution in [0.3, 0.4) is 0 Å². The zero-order valence-electron chi connectivity index (χ0n) is 19.9. The number of benzene rings is 1. The van der Waals surface area contributed by atoms with Crippen molar-refractivity contribution in [1.82, 2.24) is 19.5 Å². The minimum Gasteiger partial charge on any atom is -0.444 e. The topological polar surface area (TPSA) is 115 Å². The van der Waals surface area contributed by atoms with Gasteiger partial charge in [-0.1, -0.05) is 12.1 Å². The van der Waals surface area contributed by atoms with Crippen molar-refractivity contribution in [3.05, 3.63) is 36.2 Å². The quantitative estimate of drug-likeness (QED) is 0.608. The maximum Gasteiger partial charge on any atom is 0.408 e. The van der Waals surface area contributed by atoms with Gasteiger partial charge in [-0.15, -0.1) is 10.8 Å². The molecule has 1 aromatic heterocycles. The first-order valence-corrected chi connectivity index (χ1v) is 12.5. The smallest absolute Gasteiger partial charge is 0.408 e. The highest BCUT2D eigenvalue weighted by Crippen LogP contribution is 2.55. The summed E-state index contributed by atoms with van der Waals surface area (Å²) in [4.78, 5) is 30.9. The standard InChI is InChI=1S/C23H34N4O5S/c1-16-12-24-13-18-8-6-9-19(21(16)18)33(30,31)27-11-7-10-26(15-17(27)2)20(28)14-25-22(29)32-23(3,4)5/h6,8-9,12-13,17,30-31H,7,10-11,14-15H2,1-5H3,(H,25,29)/t17-/m0/s1. The van der Waals surface area contributed by atoms with Gasteiger partial charge in [0.05, 0.1) is 4.90 Å². The predicted octanol–water partition coefficient (Wildman–Crippen LogP) is 4.02. The van der Waals surface area contributed by atoms with Crippen LogP contribution in [-0.2, 0) is 9.53 Å². The number of hydrogen-bond donors (Lipinski definition) is 3. The Labute approximate surface area is 196 Å². The number of nitrogens with zero attached hydrogens (tertiary/aromatic N) is 3. The second-order valence-electron chi connectivity index (χ2n) is 9.37. The molecule has 0 radical (unpaired) electrons. The van der Waals surface area contributed by atoms with Crippen LogP contribution in [0.15, 0.2) is 35.5 Å². The number of ether oxygens (including phenoxy) is 1. The van der Waals surface area contributed by atoms with Crippen molar-refractivity contribution in [3.8, 4) is 0 Å². The van der Waals surface area contributed by atoms with Crippen molar-refractivity contribution in [2.24, 2.45) is 0 Å². The van der Waals surface area contributed by atoms with Gasteiger partial charge in [-0.3, -0.25) is 18.9 Å². The number of carbonyl (C=O) groups excluding carboxylic acids is 2. The molecule has 1 aliphatic heterocycles. The summed E-state index contributed by atoms with van der Waals surface area (Å²) in [6, 6.07) is 5.14. The lowest BCUT2D eigenvalue weighted by atomic mass is 10.1. The first-order valence-electron chi connectivity index (χ1n) is 11.0. The van der Waals surface area contributed by atoms with Crippen LogP contribution < -0.4 is 5.32 Å². The van der Waals surface area contributed by atoms with Crippen LogP contribution in [0, 0.1) is 6.92 Å². The van der Waals surface area contributed by atoms with E-state index in [1.165, 1.54) is 0 Å². The van der Waals surface area contributed by atoms with Gasteiger partial charge < -0.3 is 15.0 Å². The molecule has 1 saturated heterocycles. The van der Waals surface area contributed by atoms with Gasteiger partial charge in [0.15, 0.2) is 0 Å². The summed E-state index contributed by atoms with van der Waals surface area (Å²) in [5.74, 6) is -0.238. The lowest BCUT2D eigenvalue weighted by molar-refractivity contribution is -0.130. The van der Waals surface area contributed by atoms with E-state index in [-0.39, 0.29) is 18.5 Å². The Kier molecular flexibility index (Phi) is 7.52. The Balaban J connectivity index is 1.73. The van der Waals surface area contributed by atoms with Gasteiger partial charge in [-0.2, -0.15) is 4.31 Å². The summed E-state index contributed by atoms with van der Waals surface area (Å²) in [6.07, 6.45) is 3.36. The summed E-state index contributed by atoms with van der Waals surface area (Å²) in [6.45, 7) is 10.1. The summed E-state index contributed by atoms with van der Waals surface area (Å²) >= 11 is 0. The lowest BCUT2D eigenvalue weighted by Crippen LogP contribution is -2.46. The highest BCUT2D eigenvalue weighted by atomic mass is 32.3. The average Bonchev–Trinajstić information content (AvgIpc) is 2.92. The number of pyridine rings is 1. The number of rotatable bonds is 4. The molecule has 1 aromatic carbocycles. The van der Waals surface area contributed by atoms with Gasteiger partial charge >= 0.3 is 6.09 Å². The SMILES string of the molecule is Cc1cncc2cccc(S(O)(O)N3CCCN(C(=O)CNC(=O)OC(C)(C)C)C[C@@H]3C)c12. The molecular formula is C23H34N4O5S. The molecule has 2 aromatic rings. The zero-order valence-corrected chi connectivity index (χ0v) is 20.7. The van der Waals surface area contributed by atoms with Crippen LogP contribution in [0.1, 0.15) is 39.7 Å². The number of aromatic nitrogens is 1. The third-order valence-corrected chi connectivity index (χ3v) is 7.60. The van der Waals surface area contributed by atoms with E-state index in [1.807, 2.05) is 19.9 Å². The van der Waals surface area contributed by atoms with Crippen molar-refractivity contribution in [2.45, 2.75) is 57.6 Å². The Morgan fingerprint density at radius 1 is 1.24 bits per heavy atom. The van der Waals surface area contributed by atoms with Crippen LogP contribution in [-0.4, -0.2) is 73.1 Å². The van der Waals surface area contributed by atoms with Crippen LogP contribution in [0.25, 0.3) is 10.8 Å². The van der Waals surface area contributed by atoms with Crippen molar-refractivity contribution >= 4 is 33.5 Å². The molecule has 0 spiro atoms. The fraction of sp³-hybridized carbons (Fsp3) is 0.522. The normalized spacial score (nSPS) is 18.6. The van der Waals surface area contributed by atoms with E-state index < -0.39 is 22.5 Å². The van der Waals surface area contributed by atoms with Gasteiger partial charge in [-0.25, -0.2) is 4.79 Å². The van der Waals surface area contributed by atoms with E-state index in [1.54, 1.807) is 54.5 Å². The number of fused-ring (bicyclic) bond motifs is 1. The molecule has 10 heteroatoms. The molecule has 0 saturated carbocycles. The molecule has 33 heavy (non-hydrogen) atoms. The third-order valence-electron chi connectivity index (χ3n) is 5.47. The lowest BCUT2D eigenvalue weighted by Gasteiger charge is -2.46. The molecule has 0 bridgehead atoms. The first kappa shape index (κ1) is 25.2. The molecular weight excluding hydrogens is 444 g/mol. The number of nitrogens with one attached hydrogen (secondary N) is 1. The Morgan fingerprint density at radius 2 is 1.97 bits per heavy atom. The number of hydrogen-bond acceptors (Lipinski definition) is 7. The highest BCUT2D eigenvalue weighted by Gasteiger charge is 2.35. The largest absolute Gasteiger partial charge is 0.444 e. The van der Waals surface area contributed by atoms with Crippen LogP contribution >= 0.6 is 10.8 Å². The molecule has 1 aliphatic rings. The molecule has 1 fully saturated rings. The van der Waals surface area contributed by atoms with Gasteiger partial charge in [0.1, 0.15) is 12.1 Å². The maximum absolute atomic E-state index is 12.7. The fourth-order valence-electron chi connectivity index (χ4n) is 4.04. The molecule has 3 rings (SSSR count). The van der Waals surface area contributed by atoms with Crippen LogP contribution in [0.4, 0.5) is 4.79 Å². The van der Waals surface area contributed by atoms with Crippen LogP contribution in [0.2, 0.25) is 0 Å². The molecule has 2 heterocycles. The highest BCUT2D eigenvalue weighted by molar-refractivity contribution is 8.22. The van der Waals surface area contributed by atoms with E-state index in [9.17, 15) is 18.7 Å². The molecule has 182 valence electrons. The summed E-state index contributed by atoms with van der Waals surface area (Å²) < 4.78 is 29.7. The second kappa shape index (κ2) is 9.84. The Hall–Kier alpha value is -2.40. The second-order valence-corrected chi connectivity index (χ2v) is 11.3. The number of carbonyl (C=O) groups is 2. The minimum absolute atomic E-state index is 0.173. The molecule has 1 atom stereocenters. The Bertz CT molecular complexity index is 1020. The molecule has 2 amide bonds. The number of aryl methyl sites for hydroxylation is 1.